The lowest BCUT2D eigenvalue weighted by Gasteiger charge is -2.25. The Bertz CT molecular complexity index is 1330. The van der Waals surface area contributed by atoms with Gasteiger partial charge >= 0.3 is 5.97 Å². The van der Waals surface area contributed by atoms with Crippen molar-refractivity contribution in [2.45, 2.75) is 19.9 Å². The number of rotatable bonds is 7. The van der Waals surface area contributed by atoms with Crippen LogP contribution in [0.3, 0.4) is 0 Å². The summed E-state index contributed by atoms with van der Waals surface area (Å²) in [6.07, 6.45) is 0. The predicted molar refractivity (Wildman–Crippen MR) is 136 cm³/mol. The Morgan fingerprint density at radius 1 is 0.944 bits per heavy atom. The third-order valence-corrected chi connectivity index (χ3v) is 5.80. The van der Waals surface area contributed by atoms with Crippen LogP contribution in [0.1, 0.15) is 41.4 Å². The summed E-state index contributed by atoms with van der Waals surface area (Å²) in [7, 11) is 1.27. The molecule has 1 unspecified atom stereocenters. The van der Waals surface area contributed by atoms with Crippen molar-refractivity contribution < 1.29 is 29.0 Å². The van der Waals surface area contributed by atoms with Gasteiger partial charge in [-0.15, -0.1) is 0 Å². The van der Waals surface area contributed by atoms with E-state index in [2.05, 4.69) is 0 Å². The number of aliphatic hydroxyl groups excluding tert-OH is 1. The van der Waals surface area contributed by atoms with Gasteiger partial charge in [-0.1, -0.05) is 62.4 Å². The smallest absolute Gasteiger partial charge is 0.337 e. The van der Waals surface area contributed by atoms with Gasteiger partial charge in [0.1, 0.15) is 11.5 Å². The zero-order chi connectivity index (χ0) is 25.8. The third kappa shape index (κ3) is 4.86. The largest absolute Gasteiger partial charge is 0.507 e. The zero-order valence-corrected chi connectivity index (χ0v) is 20.3. The summed E-state index contributed by atoms with van der Waals surface area (Å²) in [5.41, 5.74) is 1.52. The van der Waals surface area contributed by atoms with E-state index in [0.717, 1.165) is 0 Å². The van der Waals surface area contributed by atoms with E-state index in [1.807, 2.05) is 19.9 Å². The van der Waals surface area contributed by atoms with Gasteiger partial charge in [0.15, 0.2) is 0 Å². The van der Waals surface area contributed by atoms with Gasteiger partial charge in [0.2, 0.25) is 0 Å². The molecule has 4 rings (SSSR count). The SMILES string of the molecule is COC(=O)c1cccc(N2C(=O)C(=O)/C(=C(/O)c3cccc(OCC(C)C)c3)C2c2ccccc2)c1. The van der Waals surface area contributed by atoms with Crippen molar-refractivity contribution in [3.05, 3.63) is 101 Å². The first-order chi connectivity index (χ1) is 17.3. The van der Waals surface area contributed by atoms with E-state index >= 15 is 0 Å². The number of nitrogens with zero attached hydrogens (tertiary/aromatic N) is 1. The normalized spacial score (nSPS) is 16.9. The first kappa shape index (κ1) is 24.7. The average Bonchev–Trinajstić information content (AvgIpc) is 3.17. The van der Waals surface area contributed by atoms with Gasteiger partial charge in [-0.05, 0) is 41.8 Å². The number of carbonyl (C=O) groups excluding carboxylic acids is 3. The van der Waals surface area contributed by atoms with E-state index in [4.69, 9.17) is 9.47 Å². The van der Waals surface area contributed by atoms with Crippen molar-refractivity contribution in [1.29, 1.82) is 0 Å². The van der Waals surface area contributed by atoms with Crippen LogP contribution >= 0.6 is 0 Å². The lowest BCUT2D eigenvalue weighted by Crippen LogP contribution is -2.29. The highest BCUT2D eigenvalue weighted by atomic mass is 16.5. The Hall–Kier alpha value is -4.39. The maximum atomic E-state index is 13.3. The van der Waals surface area contributed by atoms with E-state index in [1.165, 1.54) is 18.1 Å². The first-order valence-corrected chi connectivity index (χ1v) is 11.6. The molecule has 3 aromatic rings. The summed E-state index contributed by atoms with van der Waals surface area (Å²) in [6.45, 7) is 4.55. The van der Waals surface area contributed by atoms with Crippen molar-refractivity contribution in [3.63, 3.8) is 0 Å². The fourth-order valence-corrected chi connectivity index (χ4v) is 4.10. The zero-order valence-electron chi connectivity index (χ0n) is 20.3. The second-order valence-corrected chi connectivity index (χ2v) is 8.85. The summed E-state index contributed by atoms with van der Waals surface area (Å²) < 4.78 is 10.6. The Balaban J connectivity index is 1.85. The molecule has 0 radical (unpaired) electrons. The van der Waals surface area contributed by atoms with E-state index in [9.17, 15) is 19.5 Å². The molecule has 36 heavy (non-hydrogen) atoms. The first-order valence-electron chi connectivity index (χ1n) is 11.6. The molecule has 1 fully saturated rings. The molecule has 184 valence electrons. The number of Topliss-reactive ketones (excluding diaryl/α,β-unsaturated/α-hetero) is 1. The van der Waals surface area contributed by atoms with Crippen molar-refractivity contribution in [2.75, 3.05) is 18.6 Å². The molecule has 7 heteroatoms. The third-order valence-electron chi connectivity index (χ3n) is 5.80. The van der Waals surface area contributed by atoms with Gasteiger partial charge in [0.05, 0.1) is 30.9 Å². The maximum Gasteiger partial charge on any atom is 0.337 e. The minimum atomic E-state index is -0.903. The topological polar surface area (TPSA) is 93.1 Å². The van der Waals surface area contributed by atoms with Crippen LogP contribution in [-0.4, -0.2) is 36.5 Å². The van der Waals surface area contributed by atoms with E-state index in [-0.39, 0.29) is 16.9 Å². The number of ether oxygens (including phenoxy) is 2. The van der Waals surface area contributed by atoms with Crippen LogP contribution in [0.4, 0.5) is 5.69 Å². The van der Waals surface area contributed by atoms with E-state index < -0.39 is 23.7 Å². The second-order valence-electron chi connectivity index (χ2n) is 8.85. The lowest BCUT2D eigenvalue weighted by atomic mass is 9.95. The van der Waals surface area contributed by atoms with Crippen LogP contribution in [-0.2, 0) is 14.3 Å². The Labute approximate surface area is 209 Å². The average molecular weight is 486 g/mol. The number of benzene rings is 3. The number of methoxy groups -OCH3 is 1. The van der Waals surface area contributed by atoms with Gasteiger partial charge in [-0.2, -0.15) is 0 Å². The van der Waals surface area contributed by atoms with Crippen LogP contribution in [0.15, 0.2) is 84.4 Å². The quantitative estimate of drug-likeness (QED) is 0.216. The fraction of sp³-hybridized carbons (Fsp3) is 0.207. The van der Waals surface area contributed by atoms with Crippen molar-refractivity contribution >= 4 is 29.1 Å². The summed E-state index contributed by atoms with van der Waals surface area (Å²) in [5.74, 6) is -1.64. The van der Waals surface area contributed by atoms with Crippen molar-refractivity contribution in [3.8, 4) is 5.75 Å². The number of hydrogen-bond donors (Lipinski definition) is 1. The molecule has 1 heterocycles. The van der Waals surface area contributed by atoms with Gasteiger partial charge in [-0.25, -0.2) is 4.79 Å². The molecular formula is C29H27NO6. The number of aliphatic hydroxyl groups is 1. The molecule has 1 atom stereocenters. The number of carbonyl (C=O) groups is 3. The standard InChI is InChI=1S/C29H27NO6/c1-18(2)17-36-23-14-8-11-20(16-23)26(31)24-25(19-9-5-4-6-10-19)30(28(33)27(24)32)22-13-7-12-21(15-22)29(34)35-3/h4-16,18,25,31H,17H2,1-3H3/b26-24+. The number of esters is 1. The fourth-order valence-electron chi connectivity index (χ4n) is 4.10. The van der Waals surface area contributed by atoms with Crippen LogP contribution in [0, 0.1) is 5.92 Å². The molecule has 1 aliphatic rings. The Morgan fingerprint density at radius 3 is 2.33 bits per heavy atom. The molecule has 0 aromatic heterocycles. The monoisotopic (exact) mass is 485 g/mol. The van der Waals surface area contributed by atoms with Crippen molar-refractivity contribution in [1.82, 2.24) is 0 Å². The van der Waals surface area contributed by atoms with Gasteiger partial charge in [-0.3, -0.25) is 14.5 Å². The molecule has 0 saturated carbocycles. The summed E-state index contributed by atoms with van der Waals surface area (Å²) >= 11 is 0. The van der Waals surface area contributed by atoms with Crippen LogP contribution in [0.2, 0.25) is 0 Å². The van der Waals surface area contributed by atoms with Gasteiger partial charge < -0.3 is 14.6 Å². The van der Waals surface area contributed by atoms with Crippen LogP contribution < -0.4 is 9.64 Å². The molecule has 1 saturated heterocycles. The number of hydrogen-bond acceptors (Lipinski definition) is 6. The highest BCUT2D eigenvalue weighted by Gasteiger charge is 2.47. The summed E-state index contributed by atoms with van der Waals surface area (Å²) in [6, 6.07) is 21.2. The van der Waals surface area contributed by atoms with Crippen molar-refractivity contribution in [2.24, 2.45) is 5.92 Å². The van der Waals surface area contributed by atoms with Gasteiger partial charge in [0.25, 0.3) is 11.7 Å². The Morgan fingerprint density at radius 2 is 1.64 bits per heavy atom. The number of ketones is 1. The molecule has 1 aliphatic heterocycles. The molecular weight excluding hydrogens is 458 g/mol. The van der Waals surface area contributed by atoms with Gasteiger partial charge in [0, 0.05) is 11.3 Å². The lowest BCUT2D eigenvalue weighted by molar-refractivity contribution is -0.132. The Kier molecular flexibility index (Phi) is 7.20. The van der Waals surface area contributed by atoms with Crippen LogP contribution in [0.25, 0.3) is 5.76 Å². The number of amides is 1. The molecule has 3 aromatic carbocycles. The van der Waals surface area contributed by atoms with Crippen LogP contribution in [0.5, 0.6) is 5.75 Å². The molecule has 0 aliphatic carbocycles. The van der Waals surface area contributed by atoms with E-state index in [1.54, 1.807) is 66.7 Å². The minimum absolute atomic E-state index is 0.0457. The molecule has 7 nitrogen and oxygen atoms in total. The highest BCUT2D eigenvalue weighted by molar-refractivity contribution is 6.51. The molecule has 0 bridgehead atoms. The summed E-state index contributed by atoms with van der Waals surface area (Å²) in [4.78, 5) is 40.1. The molecule has 1 amide bonds. The molecule has 0 spiro atoms. The predicted octanol–water partition coefficient (Wildman–Crippen LogP) is 5.13. The maximum absolute atomic E-state index is 13.3. The second kappa shape index (κ2) is 10.5. The van der Waals surface area contributed by atoms with E-state index in [0.29, 0.717) is 35.1 Å². The number of anilines is 1. The summed E-state index contributed by atoms with van der Waals surface area (Å²) in [5, 5.41) is 11.3. The molecule has 1 N–H and O–H groups in total. The minimum Gasteiger partial charge on any atom is -0.507 e. The highest BCUT2D eigenvalue weighted by Crippen LogP contribution is 2.42.